The van der Waals surface area contributed by atoms with Crippen molar-refractivity contribution in [2.45, 2.75) is 39.8 Å². The van der Waals surface area contributed by atoms with E-state index in [4.69, 9.17) is 14.5 Å². The van der Waals surface area contributed by atoms with E-state index in [0.29, 0.717) is 18.9 Å². The number of ether oxygens (including phenoxy) is 2. The van der Waals surface area contributed by atoms with Crippen molar-refractivity contribution in [1.82, 2.24) is 14.9 Å². The fourth-order valence-electron chi connectivity index (χ4n) is 3.98. The van der Waals surface area contributed by atoms with Crippen LogP contribution in [-0.4, -0.2) is 28.7 Å². The van der Waals surface area contributed by atoms with E-state index in [9.17, 15) is 4.79 Å². The first-order valence-corrected chi connectivity index (χ1v) is 11.7. The predicted octanol–water partition coefficient (Wildman–Crippen LogP) is 5.21. The van der Waals surface area contributed by atoms with Crippen molar-refractivity contribution < 1.29 is 14.3 Å². The first-order chi connectivity index (χ1) is 16.6. The van der Waals surface area contributed by atoms with Gasteiger partial charge in [0.1, 0.15) is 17.3 Å². The SMILES string of the molecule is Cc1cc(C)cc(OCCCCn2c(CNC(=O)COc3ccccc3)nc3ccccc32)c1. The molecule has 1 heterocycles. The van der Waals surface area contributed by atoms with Gasteiger partial charge in [0.25, 0.3) is 5.91 Å². The van der Waals surface area contributed by atoms with E-state index in [-0.39, 0.29) is 12.5 Å². The molecule has 0 atom stereocenters. The average Bonchev–Trinajstić information content (AvgIpc) is 3.19. The first kappa shape index (κ1) is 23.4. The number of aryl methyl sites for hydroxylation is 3. The molecule has 1 aromatic heterocycles. The second-order valence-corrected chi connectivity index (χ2v) is 8.43. The van der Waals surface area contributed by atoms with Gasteiger partial charge in [-0.25, -0.2) is 4.98 Å². The van der Waals surface area contributed by atoms with Gasteiger partial charge in [0.05, 0.1) is 24.2 Å². The van der Waals surface area contributed by atoms with Crippen LogP contribution in [0.3, 0.4) is 0 Å². The van der Waals surface area contributed by atoms with Crippen LogP contribution in [0.1, 0.15) is 29.8 Å². The normalized spacial score (nSPS) is 10.9. The molecular weight excluding hydrogens is 426 g/mol. The van der Waals surface area contributed by atoms with Crippen molar-refractivity contribution >= 4 is 16.9 Å². The maximum Gasteiger partial charge on any atom is 0.258 e. The molecule has 4 aromatic rings. The Hall–Kier alpha value is -3.80. The van der Waals surface area contributed by atoms with Gasteiger partial charge in [-0.05, 0) is 74.2 Å². The molecule has 0 bridgehead atoms. The van der Waals surface area contributed by atoms with E-state index >= 15 is 0 Å². The van der Waals surface area contributed by atoms with Crippen molar-refractivity contribution in [3.8, 4) is 11.5 Å². The van der Waals surface area contributed by atoms with Crippen LogP contribution in [0.4, 0.5) is 0 Å². The highest BCUT2D eigenvalue weighted by Crippen LogP contribution is 2.19. The Labute approximate surface area is 200 Å². The highest BCUT2D eigenvalue weighted by atomic mass is 16.5. The molecule has 0 radical (unpaired) electrons. The number of hydrogen-bond acceptors (Lipinski definition) is 4. The monoisotopic (exact) mass is 457 g/mol. The van der Waals surface area contributed by atoms with Gasteiger partial charge in [-0.1, -0.05) is 36.4 Å². The fourth-order valence-corrected chi connectivity index (χ4v) is 3.98. The molecule has 0 fully saturated rings. The summed E-state index contributed by atoms with van der Waals surface area (Å²) >= 11 is 0. The van der Waals surface area contributed by atoms with Gasteiger partial charge in [-0.3, -0.25) is 4.79 Å². The lowest BCUT2D eigenvalue weighted by Crippen LogP contribution is -2.29. The molecule has 0 aliphatic rings. The van der Waals surface area contributed by atoms with Crippen molar-refractivity contribution in [3.63, 3.8) is 0 Å². The molecule has 0 aliphatic heterocycles. The molecule has 0 aliphatic carbocycles. The van der Waals surface area contributed by atoms with Gasteiger partial charge in [0, 0.05) is 6.54 Å². The summed E-state index contributed by atoms with van der Waals surface area (Å²) in [6.45, 7) is 5.96. The number of aromatic nitrogens is 2. The van der Waals surface area contributed by atoms with Crippen molar-refractivity contribution in [3.05, 3.63) is 89.7 Å². The lowest BCUT2D eigenvalue weighted by Gasteiger charge is -2.12. The maximum absolute atomic E-state index is 12.3. The molecule has 0 saturated heterocycles. The van der Waals surface area contributed by atoms with E-state index in [1.54, 1.807) is 0 Å². The molecule has 34 heavy (non-hydrogen) atoms. The highest BCUT2D eigenvalue weighted by molar-refractivity contribution is 5.78. The Bertz CT molecular complexity index is 1210. The Morgan fingerprint density at radius 3 is 2.41 bits per heavy atom. The average molecular weight is 458 g/mol. The zero-order valence-electron chi connectivity index (χ0n) is 19.8. The molecule has 0 spiro atoms. The second kappa shape index (κ2) is 11.4. The summed E-state index contributed by atoms with van der Waals surface area (Å²) in [6.07, 6.45) is 1.87. The van der Waals surface area contributed by atoms with Crippen LogP contribution < -0.4 is 14.8 Å². The molecule has 6 nitrogen and oxygen atoms in total. The number of unbranched alkanes of at least 4 members (excludes halogenated alkanes) is 1. The van der Waals surface area contributed by atoms with Crippen LogP contribution >= 0.6 is 0 Å². The minimum Gasteiger partial charge on any atom is -0.494 e. The van der Waals surface area contributed by atoms with Crippen molar-refractivity contribution in [1.29, 1.82) is 0 Å². The molecule has 176 valence electrons. The molecular formula is C28H31N3O3. The number of imidazole rings is 1. The van der Waals surface area contributed by atoms with Crippen molar-refractivity contribution in [2.24, 2.45) is 0 Å². The number of rotatable bonds is 11. The summed E-state index contributed by atoms with van der Waals surface area (Å²) in [5, 5.41) is 2.93. The summed E-state index contributed by atoms with van der Waals surface area (Å²) < 4.78 is 13.7. The van der Waals surface area contributed by atoms with Gasteiger partial charge in [0.15, 0.2) is 6.61 Å². The Balaban J connectivity index is 1.31. The van der Waals surface area contributed by atoms with Crippen molar-refractivity contribution in [2.75, 3.05) is 13.2 Å². The topological polar surface area (TPSA) is 65.4 Å². The van der Waals surface area contributed by atoms with E-state index in [1.807, 2.05) is 48.5 Å². The largest absolute Gasteiger partial charge is 0.494 e. The van der Waals surface area contributed by atoms with E-state index in [0.717, 1.165) is 42.0 Å². The molecule has 1 N–H and O–H groups in total. The van der Waals surface area contributed by atoms with Crippen LogP contribution in [0, 0.1) is 13.8 Å². The van der Waals surface area contributed by atoms with Crippen LogP contribution in [0.2, 0.25) is 0 Å². The van der Waals surface area contributed by atoms with Gasteiger partial charge < -0.3 is 19.4 Å². The lowest BCUT2D eigenvalue weighted by molar-refractivity contribution is -0.123. The zero-order valence-corrected chi connectivity index (χ0v) is 19.8. The number of carbonyl (C=O) groups excluding carboxylic acids is 1. The first-order valence-electron chi connectivity index (χ1n) is 11.7. The third-order valence-corrected chi connectivity index (χ3v) is 5.53. The quantitative estimate of drug-likeness (QED) is 0.314. The van der Waals surface area contributed by atoms with E-state index in [2.05, 4.69) is 48.0 Å². The highest BCUT2D eigenvalue weighted by Gasteiger charge is 2.12. The number of fused-ring (bicyclic) bond motifs is 1. The minimum absolute atomic E-state index is 0.0278. The Morgan fingerprint density at radius 1 is 0.882 bits per heavy atom. The fraction of sp³-hybridized carbons (Fsp3) is 0.286. The van der Waals surface area contributed by atoms with Gasteiger partial charge in [0.2, 0.25) is 0 Å². The van der Waals surface area contributed by atoms with Gasteiger partial charge in [-0.15, -0.1) is 0 Å². The number of nitrogens with one attached hydrogen (secondary N) is 1. The molecule has 1 amide bonds. The van der Waals surface area contributed by atoms with Gasteiger partial charge in [-0.2, -0.15) is 0 Å². The Kier molecular flexibility index (Phi) is 7.81. The summed E-state index contributed by atoms with van der Waals surface area (Å²) in [7, 11) is 0. The number of carbonyl (C=O) groups is 1. The lowest BCUT2D eigenvalue weighted by atomic mass is 10.1. The number of benzene rings is 3. The summed E-state index contributed by atoms with van der Waals surface area (Å²) in [4.78, 5) is 17.1. The standard InChI is InChI=1S/C28H31N3O3/c1-21-16-22(2)18-24(17-21)33-15-9-8-14-31-26-13-7-6-12-25(26)30-27(31)19-29-28(32)20-34-23-10-4-3-5-11-23/h3-7,10-13,16-18H,8-9,14-15,19-20H2,1-2H3,(H,29,32). The van der Waals surface area contributed by atoms with Crippen LogP contribution in [0.5, 0.6) is 11.5 Å². The molecule has 4 rings (SSSR count). The number of hydrogen-bond donors (Lipinski definition) is 1. The zero-order chi connectivity index (χ0) is 23.8. The van der Waals surface area contributed by atoms with Crippen LogP contribution in [0.15, 0.2) is 72.8 Å². The number of amides is 1. The summed E-state index contributed by atoms with van der Waals surface area (Å²) in [5.74, 6) is 2.26. The number of nitrogens with zero attached hydrogens (tertiary/aromatic N) is 2. The van der Waals surface area contributed by atoms with Crippen LogP contribution in [0.25, 0.3) is 11.0 Å². The molecule has 3 aromatic carbocycles. The predicted molar refractivity (Wildman–Crippen MR) is 134 cm³/mol. The third-order valence-electron chi connectivity index (χ3n) is 5.53. The smallest absolute Gasteiger partial charge is 0.258 e. The summed E-state index contributed by atoms with van der Waals surface area (Å²) in [5.41, 5.74) is 4.42. The van der Waals surface area contributed by atoms with E-state index in [1.165, 1.54) is 11.1 Å². The summed E-state index contributed by atoms with van der Waals surface area (Å²) in [6, 6.07) is 23.7. The maximum atomic E-state index is 12.3. The number of para-hydroxylation sites is 3. The second-order valence-electron chi connectivity index (χ2n) is 8.43. The molecule has 0 unspecified atom stereocenters. The third kappa shape index (κ3) is 6.38. The van der Waals surface area contributed by atoms with Crippen LogP contribution in [-0.2, 0) is 17.9 Å². The molecule has 6 heteroatoms. The Morgan fingerprint density at radius 2 is 1.62 bits per heavy atom. The van der Waals surface area contributed by atoms with E-state index < -0.39 is 0 Å². The molecule has 0 saturated carbocycles. The minimum atomic E-state index is -0.177. The van der Waals surface area contributed by atoms with Gasteiger partial charge >= 0.3 is 0 Å².